The van der Waals surface area contributed by atoms with Crippen molar-refractivity contribution in [3.05, 3.63) is 58.5 Å². The van der Waals surface area contributed by atoms with Gasteiger partial charge in [0.2, 0.25) is 5.91 Å². The lowest BCUT2D eigenvalue weighted by molar-refractivity contribution is -0.115. The molecule has 4 rings (SSSR count). The van der Waals surface area contributed by atoms with Gasteiger partial charge in [0.1, 0.15) is 12.4 Å². The number of rotatable bonds is 22. The lowest BCUT2D eigenvalue weighted by Crippen LogP contribution is -2.15. The van der Waals surface area contributed by atoms with Crippen molar-refractivity contribution in [2.45, 2.75) is 19.8 Å². The first-order valence-corrected chi connectivity index (χ1v) is 16.2. The van der Waals surface area contributed by atoms with Crippen LogP contribution < -0.4 is 15.0 Å². The molecule has 0 saturated carbocycles. The molecule has 1 amide bonds. The Bertz CT molecular complexity index is 1320. The Labute approximate surface area is 269 Å². The SMILES string of the molecule is Cc1sc(NC(=O)Cc2cccc(OCCOCCOCCOCCOCCOCCO)c2)nc1-c1ccc2c(c1)CCN2C. The summed E-state index contributed by atoms with van der Waals surface area (Å²) in [6.07, 6.45) is 1.26. The van der Waals surface area contributed by atoms with Crippen LogP contribution in [0.4, 0.5) is 10.8 Å². The monoisotopic (exact) mass is 643 g/mol. The van der Waals surface area contributed by atoms with Crippen molar-refractivity contribution in [2.75, 3.05) is 103 Å². The van der Waals surface area contributed by atoms with Crippen LogP contribution in [-0.2, 0) is 41.3 Å². The molecule has 0 bridgehead atoms. The fraction of sp³-hybridized carbons (Fsp3) is 0.515. The Morgan fingerprint density at radius 1 is 0.889 bits per heavy atom. The van der Waals surface area contributed by atoms with Gasteiger partial charge in [-0.1, -0.05) is 18.2 Å². The van der Waals surface area contributed by atoms with E-state index in [1.54, 1.807) is 0 Å². The van der Waals surface area contributed by atoms with Crippen molar-refractivity contribution in [1.29, 1.82) is 0 Å². The first kappa shape index (κ1) is 34.8. The van der Waals surface area contributed by atoms with Crippen LogP contribution in [0.1, 0.15) is 16.0 Å². The van der Waals surface area contributed by atoms with Crippen LogP contribution in [0, 0.1) is 6.92 Å². The molecule has 11 nitrogen and oxygen atoms in total. The molecule has 0 spiro atoms. The first-order chi connectivity index (χ1) is 22.0. The van der Waals surface area contributed by atoms with Crippen LogP contribution in [0.25, 0.3) is 11.3 Å². The van der Waals surface area contributed by atoms with Crippen LogP contribution >= 0.6 is 11.3 Å². The molecule has 246 valence electrons. The number of benzene rings is 2. The van der Waals surface area contributed by atoms with E-state index in [-0.39, 0.29) is 18.9 Å². The predicted molar refractivity (Wildman–Crippen MR) is 175 cm³/mol. The summed E-state index contributed by atoms with van der Waals surface area (Å²) < 4.78 is 32.8. The standard InChI is InChI=1S/C33H45N3O8S/c1-25-32(28-6-7-30-27(24-28)8-9-36(30)2)35-33(45-25)34-31(38)23-26-4-3-5-29(22-26)44-21-20-43-19-18-42-17-16-41-15-14-40-13-12-39-11-10-37/h3-7,22,24,37H,8-21,23H2,1-2H3,(H,34,35,38). The van der Waals surface area contributed by atoms with Crippen molar-refractivity contribution >= 4 is 28.1 Å². The molecule has 3 aromatic rings. The first-order valence-electron chi connectivity index (χ1n) is 15.4. The Kier molecular flexibility index (Phi) is 15.0. The molecule has 0 aliphatic carbocycles. The number of carbonyl (C=O) groups is 1. The maximum atomic E-state index is 12.8. The third-order valence-corrected chi connectivity index (χ3v) is 7.89. The zero-order valence-electron chi connectivity index (χ0n) is 26.3. The highest BCUT2D eigenvalue weighted by Gasteiger charge is 2.18. The number of hydrogen-bond acceptors (Lipinski definition) is 11. The Morgan fingerprint density at radius 2 is 1.53 bits per heavy atom. The summed E-state index contributed by atoms with van der Waals surface area (Å²) in [6.45, 7) is 8.06. The quantitative estimate of drug-likeness (QED) is 0.157. The third-order valence-electron chi connectivity index (χ3n) is 7.01. The van der Waals surface area contributed by atoms with Gasteiger partial charge in [0.05, 0.1) is 84.8 Å². The van der Waals surface area contributed by atoms with E-state index in [4.69, 9.17) is 38.5 Å². The molecule has 12 heteroatoms. The molecule has 0 fully saturated rings. The molecule has 0 radical (unpaired) electrons. The smallest absolute Gasteiger partial charge is 0.230 e. The molecule has 45 heavy (non-hydrogen) atoms. The van der Waals surface area contributed by atoms with Crippen molar-refractivity contribution in [2.24, 2.45) is 0 Å². The molecule has 1 aliphatic heterocycles. The largest absolute Gasteiger partial charge is 0.491 e. The Hall–Kier alpha value is -3.10. The van der Waals surface area contributed by atoms with Crippen molar-refractivity contribution in [1.82, 2.24) is 4.98 Å². The van der Waals surface area contributed by atoms with E-state index >= 15 is 0 Å². The summed E-state index contributed by atoms with van der Waals surface area (Å²) in [6, 6.07) is 14.0. The Balaban J connectivity index is 1.06. The van der Waals surface area contributed by atoms with Crippen LogP contribution in [-0.4, -0.2) is 109 Å². The normalized spacial score (nSPS) is 12.5. The molecule has 2 heterocycles. The number of carbonyl (C=O) groups excluding carboxylic acids is 1. The van der Waals surface area contributed by atoms with Gasteiger partial charge in [-0.3, -0.25) is 4.79 Å². The molecular weight excluding hydrogens is 598 g/mol. The lowest BCUT2D eigenvalue weighted by Gasteiger charge is -2.11. The van der Waals surface area contributed by atoms with Gasteiger partial charge in [0, 0.05) is 29.7 Å². The van der Waals surface area contributed by atoms with Crippen molar-refractivity contribution in [3.8, 4) is 17.0 Å². The van der Waals surface area contributed by atoms with E-state index in [1.165, 1.54) is 22.6 Å². The number of anilines is 2. The number of amides is 1. The zero-order valence-corrected chi connectivity index (χ0v) is 27.1. The summed E-state index contributed by atoms with van der Waals surface area (Å²) in [5, 5.41) is 12.2. The second-order valence-electron chi connectivity index (χ2n) is 10.4. The predicted octanol–water partition coefficient (Wildman–Crippen LogP) is 3.75. The topological polar surface area (TPSA) is 121 Å². The van der Waals surface area contributed by atoms with Crippen LogP contribution in [0.5, 0.6) is 5.75 Å². The van der Waals surface area contributed by atoms with E-state index in [0.717, 1.165) is 34.7 Å². The van der Waals surface area contributed by atoms with Gasteiger partial charge in [-0.15, -0.1) is 11.3 Å². The molecule has 1 aromatic heterocycles. The summed E-state index contributed by atoms with van der Waals surface area (Å²) in [7, 11) is 2.11. The highest BCUT2D eigenvalue weighted by molar-refractivity contribution is 7.16. The zero-order chi connectivity index (χ0) is 31.7. The number of thiazole rings is 1. The van der Waals surface area contributed by atoms with Gasteiger partial charge >= 0.3 is 0 Å². The number of likely N-dealkylation sites (N-methyl/N-ethyl adjacent to an activating group) is 1. The Morgan fingerprint density at radius 3 is 2.20 bits per heavy atom. The number of aliphatic hydroxyl groups is 1. The van der Waals surface area contributed by atoms with Gasteiger partial charge in [-0.2, -0.15) is 0 Å². The van der Waals surface area contributed by atoms with Crippen LogP contribution in [0.15, 0.2) is 42.5 Å². The third kappa shape index (κ3) is 12.0. The summed E-state index contributed by atoms with van der Waals surface area (Å²) >= 11 is 1.49. The molecule has 0 saturated heterocycles. The number of fused-ring (bicyclic) bond motifs is 1. The minimum atomic E-state index is -0.120. The van der Waals surface area contributed by atoms with Gasteiger partial charge in [0.25, 0.3) is 0 Å². The summed E-state index contributed by atoms with van der Waals surface area (Å²) in [5.74, 6) is 0.569. The molecule has 1 aliphatic rings. The maximum Gasteiger partial charge on any atom is 0.230 e. The molecule has 2 aromatic carbocycles. The average Bonchev–Trinajstić information content (AvgIpc) is 3.59. The van der Waals surface area contributed by atoms with E-state index in [9.17, 15) is 4.79 Å². The van der Waals surface area contributed by atoms with Gasteiger partial charge < -0.3 is 43.7 Å². The molecule has 0 atom stereocenters. The second-order valence-corrected chi connectivity index (χ2v) is 11.6. The number of aryl methyl sites for hydroxylation is 1. The van der Waals surface area contributed by atoms with Crippen molar-refractivity contribution < 1.29 is 38.3 Å². The summed E-state index contributed by atoms with van der Waals surface area (Å²) in [5.41, 5.74) is 5.48. The average molecular weight is 644 g/mol. The minimum Gasteiger partial charge on any atom is -0.491 e. The number of aromatic nitrogens is 1. The number of ether oxygens (including phenoxy) is 6. The van der Waals surface area contributed by atoms with E-state index in [0.29, 0.717) is 83.6 Å². The highest BCUT2D eigenvalue weighted by atomic mass is 32.1. The van der Waals surface area contributed by atoms with Gasteiger partial charge in [-0.25, -0.2) is 4.98 Å². The molecule has 0 unspecified atom stereocenters. The number of nitrogens with zero attached hydrogens (tertiary/aromatic N) is 2. The van der Waals surface area contributed by atoms with Crippen molar-refractivity contribution in [3.63, 3.8) is 0 Å². The van der Waals surface area contributed by atoms with Crippen LogP contribution in [0.3, 0.4) is 0 Å². The van der Waals surface area contributed by atoms with E-state index in [1.807, 2.05) is 31.2 Å². The number of aliphatic hydroxyl groups excluding tert-OH is 1. The van der Waals surface area contributed by atoms with E-state index in [2.05, 4.69) is 35.5 Å². The highest BCUT2D eigenvalue weighted by Crippen LogP contribution is 2.35. The maximum absolute atomic E-state index is 12.8. The van der Waals surface area contributed by atoms with E-state index < -0.39 is 0 Å². The minimum absolute atomic E-state index is 0.0191. The fourth-order valence-electron chi connectivity index (χ4n) is 4.79. The van der Waals surface area contributed by atoms with Gasteiger partial charge in [-0.05, 0) is 48.7 Å². The van der Waals surface area contributed by atoms with Crippen LogP contribution in [0.2, 0.25) is 0 Å². The molecule has 2 N–H and O–H groups in total. The van der Waals surface area contributed by atoms with Gasteiger partial charge in [0.15, 0.2) is 5.13 Å². The molecular formula is C33H45N3O8S. The number of nitrogens with one attached hydrogen (secondary N) is 1. The lowest BCUT2D eigenvalue weighted by atomic mass is 10.1. The fourth-order valence-corrected chi connectivity index (χ4v) is 5.64. The summed E-state index contributed by atoms with van der Waals surface area (Å²) in [4.78, 5) is 20.9. The number of hydrogen-bond donors (Lipinski definition) is 2. The second kappa shape index (κ2) is 19.4.